The van der Waals surface area contributed by atoms with E-state index in [-0.39, 0.29) is 0 Å². The predicted molar refractivity (Wildman–Crippen MR) is 69.1 cm³/mol. The highest BCUT2D eigenvalue weighted by molar-refractivity contribution is 5.19. The molecule has 2 rings (SSSR count). The number of rotatable bonds is 6. The molecule has 3 nitrogen and oxygen atoms in total. The Labute approximate surface area is 104 Å². The molecule has 0 saturated heterocycles. The number of pyridine rings is 1. The topological polar surface area (TPSA) is 34.1 Å². The molecule has 1 aliphatic carbocycles. The lowest BCUT2D eigenvalue weighted by molar-refractivity contribution is 0.316. The van der Waals surface area contributed by atoms with E-state index in [0.717, 1.165) is 31.0 Å². The average Bonchev–Trinajstić information content (AvgIpc) is 2.88. The Balaban J connectivity index is 1.76. The van der Waals surface area contributed by atoms with Gasteiger partial charge in [0.15, 0.2) is 0 Å². The first kappa shape index (κ1) is 12.4. The second kappa shape index (κ2) is 6.60. The Morgan fingerprint density at radius 2 is 2.18 bits per heavy atom. The second-order valence-electron chi connectivity index (χ2n) is 4.70. The molecule has 0 spiro atoms. The van der Waals surface area contributed by atoms with Gasteiger partial charge in [-0.15, -0.1) is 0 Å². The number of ether oxygens (including phenoxy) is 1. The van der Waals surface area contributed by atoms with Crippen LogP contribution in [0.2, 0.25) is 0 Å². The summed E-state index contributed by atoms with van der Waals surface area (Å²) in [5.74, 6) is 0.872. The highest BCUT2D eigenvalue weighted by Gasteiger charge is 2.13. The summed E-state index contributed by atoms with van der Waals surface area (Å²) in [6.07, 6.45) is 8.23. The molecular formula is C14H22N2O. The molecule has 0 amide bonds. The fourth-order valence-electron chi connectivity index (χ4n) is 2.20. The first-order chi connectivity index (χ1) is 8.38. The van der Waals surface area contributed by atoms with E-state index in [4.69, 9.17) is 4.74 Å². The zero-order valence-corrected chi connectivity index (χ0v) is 10.6. The third-order valence-corrected chi connectivity index (χ3v) is 3.20. The maximum absolute atomic E-state index is 5.51. The van der Waals surface area contributed by atoms with E-state index >= 15 is 0 Å². The standard InChI is InChI=1S/C14H22N2O/c1-2-9-17-14-8-7-13(16-11-14)10-15-12-5-3-4-6-12/h7-8,11-12,15H,2-6,9-10H2,1H3. The molecule has 0 atom stereocenters. The molecule has 1 saturated carbocycles. The van der Waals surface area contributed by atoms with Crippen LogP contribution in [0.4, 0.5) is 0 Å². The van der Waals surface area contributed by atoms with E-state index in [1.807, 2.05) is 18.3 Å². The Morgan fingerprint density at radius 1 is 1.35 bits per heavy atom. The summed E-state index contributed by atoms with van der Waals surface area (Å²) >= 11 is 0. The second-order valence-corrected chi connectivity index (χ2v) is 4.70. The van der Waals surface area contributed by atoms with Gasteiger partial charge in [-0.05, 0) is 31.4 Å². The van der Waals surface area contributed by atoms with Gasteiger partial charge < -0.3 is 10.1 Å². The molecule has 17 heavy (non-hydrogen) atoms. The summed E-state index contributed by atoms with van der Waals surface area (Å²) in [7, 11) is 0. The quantitative estimate of drug-likeness (QED) is 0.821. The molecule has 3 heteroatoms. The molecule has 94 valence electrons. The number of hydrogen-bond donors (Lipinski definition) is 1. The maximum atomic E-state index is 5.51. The zero-order valence-electron chi connectivity index (χ0n) is 10.6. The third kappa shape index (κ3) is 4.00. The van der Waals surface area contributed by atoms with Gasteiger partial charge in [0.05, 0.1) is 18.5 Å². The summed E-state index contributed by atoms with van der Waals surface area (Å²) in [6, 6.07) is 4.76. The molecule has 0 unspecified atom stereocenters. The van der Waals surface area contributed by atoms with Gasteiger partial charge in [0.2, 0.25) is 0 Å². The van der Waals surface area contributed by atoms with Crippen molar-refractivity contribution < 1.29 is 4.74 Å². The smallest absolute Gasteiger partial charge is 0.137 e. The Kier molecular flexibility index (Phi) is 4.80. The number of nitrogens with one attached hydrogen (secondary N) is 1. The van der Waals surface area contributed by atoms with Gasteiger partial charge in [0.25, 0.3) is 0 Å². The molecule has 0 bridgehead atoms. The minimum atomic E-state index is 0.702. The molecule has 1 aromatic rings. The summed E-state index contributed by atoms with van der Waals surface area (Å²) in [5, 5.41) is 3.56. The summed E-state index contributed by atoms with van der Waals surface area (Å²) in [5.41, 5.74) is 1.10. The number of nitrogens with zero attached hydrogens (tertiary/aromatic N) is 1. The molecule has 1 fully saturated rings. The van der Waals surface area contributed by atoms with Crippen LogP contribution < -0.4 is 10.1 Å². The van der Waals surface area contributed by atoms with Crippen LogP contribution in [0.3, 0.4) is 0 Å². The number of aromatic nitrogens is 1. The lowest BCUT2D eigenvalue weighted by Gasteiger charge is -2.11. The van der Waals surface area contributed by atoms with E-state index in [1.54, 1.807) is 0 Å². The van der Waals surface area contributed by atoms with Crippen LogP contribution in [0, 0.1) is 0 Å². The van der Waals surface area contributed by atoms with Gasteiger partial charge in [-0.25, -0.2) is 0 Å². The van der Waals surface area contributed by atoms with Crippen molar-refractivity contribution in [3.63, 3.8) is 0 Å². The van der Waals surface area contributed by atoms with Crippen molar-refractivity contribution in [3.8, 4) is 5.75 Å². The van der Waals surface area contributed by atoms with Crippen LogP contribution in [0.25, 0.3) is 0 Å². The first-order valence-corrected chi connectivity index (χ1v) is 6.69. The molecule has 1 aliphatic rings. The van der Waals surface area contributed by atoms with Crippen LogP contribution in [0.5, 0.6) is 5.75 Å². The zero-order chi connectivity index (χ0) is 11.9. The lowest BCUT2D eigenvalue weighted by atomic mass is 10.2. The van der Waals surface area contributed by atoms with Crippen molar-refractivity contribution in [1.29, 1.82) is 0 Å². The van der Waals surface area contributed by atoms with E-state index in [2.05, 4.69) is 17.2 Å². The largest absolute Gasteiger partial charge is 0.492 e. The van der Waals surface area contributed by atoms with Crippen molar-refractivity contribution in [2.45, 2.75) is 51.6 Å². The molecule has 1 heterocycles. The fraction of sp³-hybridized carbons (Fsp3) is 0.643. The molecule has 1 N–H and O–H groups in total. The van der Waals surface area contributed by atoms with Crippen LogP contribution in [-0.2, 0) is 6.54 Å². The summed E-state index contributed by atoms with van der Waals surface area (Å²) < 4.78 is 5.51. The molecule has 0 aromatic carbocycles. The third-order valence-electron chi connectivity index (χ3n) is 3.20. The number of hydrogen-bond acceptors (Lipinski definition) is 3. The monoisotopic (exact) mass is 234 g/mol. The van der Waals surface area contributed by atoms with Crippen molar-refractivity contribution in [1.82, 2.24) is 10.3 Å². The molecule has 0 radical (unpaired) electrons. The van der Waals surface area contributed by atoms with E-state index in [9.17, 15) is 0 Å². The Hall–Kier alpha value is -1.09. The predicted octanol–water partition coefficient (Wildman–Crippen LogP) is 2.90. The van der Waals surface area contributed by atoms with Crippen molar-refractivity contribution >= 4 is 0 Å². The average molecular weight is 234 g/mol. The van der Waals surface area contributed by atoms with Crippen LogP contribution in [0.1, 0.15) is 44.7 Å². The highest BCUT2D eigenvalue weighted by Crippen LogP contribution is 2.18. The van der Waals surface area contributed by atoms with Crippen molar-refractivity contribution in [2.75, 3.05) is 6.61 Å². The SMILES string of the molecule is CCCOc1ccc(CNC2CCCC2)nc1. The minimum absolute atomic E-state index is 0.702. The van der Waals surface area contributed by atoms with Crippen LogP contribution in [-0.4, -0.2) is 17.6 Å². The van der Waals surface area contributed by atoms with Gasteiger partial charge in [-0.2, -0.15) is 0 Å². The summed E-state index contributed by atoms with van der Waals surface area (Å²) in [4.78, 5) is 4.41. The fourth-order valence-corrected chi connectivity index (χ4v) is 2.20. The van der Waals surface area contributed by atoms with Gasteiger partial charge in [-0.3, -0.25) is 4.98 Å². The van der Waals surface area contributed by atoms with Gasteiger partial charge in [-0.1, -0.05) is 19.8 Å². The Morgan fingerprint density at radius 3 is 2.82 bits per heavy atom. The van der Waals surface area contributed by atoms with Crippen molar-refractivity contribution in [2.24, 2.45) is 0 Å². The first-order valence-electron chi connectivity index (χ1n) is 6.69. The van der Waals surface area contributed by atoms with Gasteiger partial charge in [0, 0.05) is 12.6 Å². The van der Waals surface area contributed by atoms with Crippen LogP contribution >= 0.6 is 0 Å². The molecule has 0 aliphatic heterocycles. The maximum Gasteiger partial charge on any atom is 0.137 e. The van der Waals surface area contributed by atoms with E-state index in [1.165, 1.54) is 25.7 Å². The lowest BCUT2D eigenvalue weighted by Crippen LogP contribution is -2.25. The van der Waals surface area contributed by atoms with E-state index < -0.39 is 0 Å². The van der Waals surface area contributed by atoms with Gasteiger partial charge >= 0.3 is 0 Å². The highest BCUT2D eigenvalue weighted by atomic mass is 16.5. The molecule has 1 aromatic heterocycles. The molecular weight excluding hydrogens is 212 g/mol. The summed E-state index contributed by atoms with van der Waals surface area (Å²) in [6.45, 7) is 3.74. The van der Waals surface area contributed by atoms with Crippen LogP contribution in [0.15, 0.2) is 18.3 Å². The normalized spacial score (nSPS) is 16.3. The van der Waals surface area contributed by atoms with Crippen molar-refractivity contribution in [3.05, 3.63) is 24.0 Å². The Bertz CT molecular complexity index is 317. The van der Waals surface area contributed by atoms with E-state index in [0.29, 0.717) is 6.04 Å². The minimum Gasteiger partial charge on any atom is -0.492 e. The van der Waals surface area contributed by atoms with Gasteiger partial charge in [0.1, 0.15) is 5.75 Å².